The zero-order chi connectivity index (χ0) is 18.4. The van der Waals surface area contributed by atoms with E-state index in [9.17, 15) is 4.79 Å². The molecular weight excluding hydrogens is 326 g/mol. The second kappa shape index (κ2) is 8.83. The van der Waals surface area contributed by atoms with Crippen molar-refractivity contribution in [2.24, 2.45) is 0 Å². The minimum atomic E-state index is -0.0390. The summed E-state index contributed by atoms with van der Waals surface area (Å²) in [5, 5.41) is 3.12. The molecule has 138 valence electrons. The Morgan fingerprint density at radius 2 is 1.85 bits per heavy atom. The van der Waals surface area contributed by atoms with Crippen molar-refractivity contribution in [3.63, 3.8) is 0 Å². The summed E-state index contributed by atoms with van der Waals surface area (Å²) in [5.41, 5.74) is 2.92. The predicted octanol–water partition coefficient (Wildman–Crippen LogP) is 2.56. The van der Waals surface area contributed by atoms with Gasteiger partial charge in [0.25, 0.3) is 5.91 Å². The van der Waals surface area contributed by atoms with Gasteiger partial charge in [0.15, 0.2) is 0 Å². The van der Waals surface area contributed by atoms with Crippen LogP contribution in [0.3, 0.4) is 0 Å². The van der Waals surface area contributed by atoms with E-state index in [4.69, 9.17) is 4.74 Å². The Morgan fingerprint density at radius 3 is 2.54 bits per heavy atom. The molecule has 0 aromatic heterocycles. The third-order valence-corrected chi connectivity index (χ3v) is 4.75. The molecule has 1 saturated heterocycles. The number of carbonyl (C=O) groups excluding carboxylic acids is 1. The molecule has 1 heterocycles. The molecule has 0 radical (unpaired) electrons. The maximum absolute atomic E-state index is 12.7. The van der Waals surface area contributed by atoms with Crippen molar-refractivity contribution in [3.05, 3.63) is 65.7 Å². The van der Waals surface area contributed by atoms with Crippen LogP contribution >= 0.6 is 0 Å². The van der Waals surface area contributed by atoms with Gasteiger partial charge in [-0.15, -0.1) is 0 Å². The van der Waals surface area contributed by atoms with Crippen molar-refractivity contribution in [3.8, 4) is 0 Å². The molecule has 2 aromatic carbocycles. The highest BCUT2D eigenvalue weighted by atomic mass is 16.5. The topological polar surface area (TPSA) is 44.8 Å². The lowest BCUT2D eigenvalue weighted by Crippen LogP contribution is -2.43. The fourth-order valence-corrected chi connectivity index (χ4v) is 3.24. The van der Waals surface area contributed by atoms with Crippen molar-refractivity contribution in [1.82, 2.24) is 10.2 Å². The summed E-state index contributed by atoms with van der Waals surface area (Å²) in [6.07, 6.45) is 0. The van der Waals surface area contributed by atoms with Crippen molar-refractivity contribution in [2.45, 2.75) is 6.04 Å². The third kappa shape index (κ3) is 4.62. The molecule has 0 spiro atoms. The number of nitrogens with one attached hydrogen (secondary N) is 1. The van der Waals surface area contributed by atoms with Gasteiger partial charge < -0.3 is 15.0 Å². The fraction of sp³-hybridized carbons (Fsp3) is 0.381. The number of benzene rings is 2. The van der Waals surface area contributed by atoms with Crippen molar-refractivity contribution in [2.75, 3.05) is 51.8 Å². The lowest BCUT2D eigenvalue weighted by molar-refractivity contribution is 0.0162. The number of hydrogen-bond donors (Lipinski definition) is 1. The van der Waals surface area contributed by atoms with Crippen LogP contribution in [0.25, 0.3) is 0 Å². The molecule has 1 fully saturated rings. The van der Waals surface area contributed by atoms with E-state index in [-0.39, 0.29) is 11.9 Å². The normalized spacial score (nSPS) is 16.1. The number of morpholine rings is 1. The average molecular weight is 353 g/mol. The van der Waals surface area contributed by atoms with E-state index < -0.39 is 0 Å². The molecule has 3 rings (SSSR count). The minimum Gasteiger partial charge on any atom is -0.379 e. The summed E-state index contributed by atoms with van der Waals surface area (Å²) < 4.78 is 5.48. The highest BCUT2D eigenvalue weighted by Gasteiger charge is 2.23. The van der Waals surface area contributed by atoms with Gasteiger partial charge >= 0.3 is 0 Å². The molecular formula is C21H27N3O2. The zero-order valence-corrected chi connectivity index (χ0v) is 15.5. The number of amides is 1. The Labute approximate surface area is 155 Å². The first-order chi connectivity index (χ1) is 12.6. The first kappa shape index (κ1) is 18.4. The Morgan fingerprint density at radius 1 is 1.12 bits per heavy atom. The van der Waals surface area contributed by atoms with Crippen LogP contribution in [0.4, 0.5) is 5.69 Å². The summed E-state index contributed by atoms with van der Waals surface area (Å²) in [5.74, 6) is -0.0390. The maximum atomic E-state index is 12.7. The number of ether oxygens (including phenoxy) is 1. The summed E-state index contributed by atoms with van der Waals surface area (Å²) in [4.78, 5) is 17.0. The fourth-order valence-electron chi connectivity index (χ4n) is 3.24. The first-order valence-electron chi connectivity index (χ1n) is 9.07. The standard InChI is InChI=1S/C21H27N3O2/c1-23(2)19-10-6-9-18(15-19)21(25)22-16-20(17-7-4-3-5-8-17)24-11-13-26-14-12-24/h3-10,15,20H,11-14,16H2,1-2H3,(H,22,25). The summed E-state index contributed by atoms with van der Waals surface area (Å²) >= 11 is 0. The van der Waals surface area contributed by atoms with Crippen LogP contribution in [0.2, 0.25) is 0 Å². The number of rotatable bonds is 6. The van der Waals surface area contributed by atoms with Crippen molar-refractivity contribution >= 4 is 11.6 Å². The van der Waals surface area contributed by atoms with Gasteiger partial charge in [-0.3, -0.25) is 9.69 Å². The van der Waals surface area contributed by atoms with Gasteiger partial charge in [0.1, 0.15) is 0 Å². The lowest BCUT2D eigenvalue weighted by Gasteiger charge is -2.35. The number of nitrogens with zero attached hydrogens (tertiary/aromatic N) is 2. The molecule has 1 N–H and O–H groups in total. The van der Waals surface area contributed by atoms with Crippen LogP contribution in [0.5, 0.6) is 0 Å². The SMILES string of the molecule is CN(C)c1cccc(C(=O)NCC(c2ccccc2)N2CCOCC2)c1. The Hall–Kier alpha value is -2.37. The Kier molecular flexibility index (Phi) is 6.26. The zero-order valence-electron chi connectivity index (χ0n) is 15.5. The summed E-state index contributed by atoms with van der Waals surface area (Å²) in [6, 6.07) is 18.2. The van der Waals surface area contributed by atoms with E-state index in [0.29, 0.717) is 12.1 Å². The number of anilines is 1. The van der Waals surface area contributed by atoms with Gasteiger partial charge in [-0.1, -0.05) is 36.4 Å². The van der Waals surface area contributed by atoms with Gasteiger partial charge in [0, 0.05) is 45.0 Å². The highest BCUT2D eigenvalue weighted by Crippen LogP contribution is 2.21. The second-order valence-corrected chi connectivity index (χ2v) is 6.73. The third-order valence-electron chi connectivity index (χ3n) is 4.75. The Bertz CT molecular complexity index is 712. The van der Waals surface area contributed by atoms with Crippen LogP contribution in [0.15, 0.2) is 54.6 Å². The molecule has 1 aliphatic heterocycles. The van der Waals surface area contributed by atoms with Crippen LogP contribution in [-0.4, -0.2) is 57.8 Å². The lowest BCUT2D eigenvalue weighted by atomic mass is 10.0. The molecule has 5 nitrogen and oxygen atoms in total. The molecule has 5 heteroatoms. The quantitative estimate of drug-likeness (QED) is 0.867. The largest absolute Gasteiger partial charge is 0.379 e. The molecule has 2 aromatic rings. The van der Waals surface area contributed by atoms with E-state index in [2.05, 4.69) is 22.3 Å². The molecule has 1 amide bonds. The molecule has 26 heavy (non-hydrogen) atoms. The first-order valence-corrected chi connectivity index (χ1v) is 9.07. The molecule has 1 atom stereocenters. The maximum Gasteiger partial charge on any atom is 0.251 e. The Balaban J connectivity index is 1.71. The molecule has 0 bridgehead atoms. The van der Waals surface area contributed by atoms with Gasteiger partial charge in [-0.25, -0.2) is 0 Å². The van der Waals surface area contributed by atoms with Crippen molar-refractivity contribution < 1.29 is 9.53 Å². The molecule has 0 saturated carbocycles. The van der Waals surface area contributed by atoms with Gasteiger partial charge in [-0.05, 0) is 23.8 Å². The molecule has 1 aliphatic rings. The van der Waals surface area contributed by atoms with Crippen LogP contribution in [0.1, 0.15) is 22.0 Å². The van der Waals surface area contributed by atoms with E-state index in [1.54, 1.807) is 0 Å². The minimum absolute atomic E-state index is 0.0390. The number of hydrogen-bond acceptors (Lipinski definition) is 4. The molecule has 1 unspecified atom stereocenters. The monoisotopic (exact) mass is 353 g/mol. The van der Waals surface area contributed by atoms with Crippen LogP contribution < -0.4 is 10.2 Å². The smallest absolute Gasteiger partial charge is 0.251 e. The second-order valence-electron chi connectivity index (χ2n) is 6.73. The summed E-state index contributed by atoms with van der Waals surface area (Å²) in [6.45, 7) is 3.82. The van der Waals surface area contributed by atoms with Gasteiger partial charge in [0.05, 0.1) is 19.3 Å². The van der Waals surface area contributed by atoms with E-state index in [1.807, 2.05) is 61.5 Å². The van der Waals surface area contributed by atoms with Crippen LogP contribution in [0, 0.1) is 0 Å². The number of carbonyl (C=O) groups is 1. The van der Waals surface area contributed by atoms with Gasteiger partial charge in [-0.2, -0.15) is 0 Å². The highest BCUT2D eigenvalue weighted by molar-refractivity contribution is 5.95. The van der Waals surface area contributed by atoms with Gasteiger partial charge in [0.2, 0.25) is 0 Å². The van der Waals surface area contributed by atoms with E-state index >= 15 is 0 Å². The summed E-state index contributed by atoms with van der Waals surface area (Å²) in [7, 11) is 3.95. The van der Waals surface area contributed by atoms with E-state index in [1.165, 1.54) is 5.56 Å². The van der Waals surface area contributed by atoms with E-state index in [0.717, 1.165) is 32.0 Å². The van der Waals surface area contributed by atoms with Crippen LogP contribution in [-0.2, 0) is 4.74 Å². The van der Waals surface area contributed by atoms with Crippen molar-refractivity contribution in [1.29, 1.82) is 0 Å². The average Bonchev–Trinajstić information content (AvgIpc) is 2.69. The molecule has 0 aliphatic carbocycles. The predicted molar refractivity (Wildman–Crippen MR) is 105 cm³/mol.